The summed E-state index contributed by atoms with van der Waals surface area (Å²) in [4.78, 5) is 3.17. The predicted octanol–water partition coefficient (Wildman–Crippen LogP) is 4.09. The Balaban J connectivity index is 1.94. The lowest BCUT2D eigenvalue weighted by Gasteiger charge is -2.06. The van der Waals surface area contributed by atoms with Crippen LogP contribution in [0.2, 0.25) is 0 Å². The first-order chi connectivity index (χ1) is 10.2. The van der Waals surface area contributed by atoms with E-state index in [1.54, 1.807) is 19.2 Å². The normalized spacial score (nSPS) is 11.0. The maximum Gasteiger partial charge on any atom is 0.178 e. The fraction of sp³-hybridized carbons (Fsp3) is 0.188. The number of hydrogen-bond acceptors (Lipinski definition) is 2. The van der Waals surface area contributed by atoms with Crippen LogP contribution in [0.1, 0.15) is 5.56 Å². The average Bonchev–Trinajstić information content (AvgIpc) is 2.80. The third-order valence-corrected chi connectivity index (χ3v) is 3.83. The van der Waals surface area contributed by atoms with Crippen molar-refractivity contribution in [1.82, 2.24) is 9.55 Å². The number of fused-ring (bicyclic) bond motifs is 1. The van der Waals surface area contributed by atoms with E-state index in [-0.39, 0.29) is 5.82 Å². The molecule has 0 fully saturated rings. The Kier molecular flexibility index (Phi) is 3.75. The first kappa shape index (κ1) is 13.8. The molecule has 0 amide bonds. The number of hydrogen-bond donors (Lipinski definition) is 1. The van der Waals surface area contributed by atoms with E-state index < -0.39 is 0 Å². The van der Waals surface area contributed by atoms with Crippen molar-refractivity contribution in [2.75, 3.05) is 7.11 Å². The molecule has 0 spiro atoms. The molecule has 2 aromatic carbocycles. The van der Waals surface area contributed by atoms with Crippen molar-refractivity contribution in [1.29, 1.82) is 0 Å². The van der Waals surface area contributed by atoms with E-state index in [0.717, 1.165) is 28.8 Å². The fourth-order valence-corrected chi connectivity index (χ4v) is 2.77. The molecule has 3 rings (SSSR count). The molecule has 0 aliphatic carbocycles. The lowest BCUT2D eigenvalue weighted by Crippen LogP contribution is -2.01. The first-order valence-electron chi connectivity index (χ1n) is 6.69. The van der Waals surface area contributed by atoms with Crippen LogP contribution < -0.4 is 4.74 Å². The molecule has 3 nitrogen and oxygen atoms in total. The number of nitrogens with zero attached hydrogens (tertiary/aromatic N) is 1. The van der Waals surface area contributed by atoms with Gasteiger partial charge in [-0.25, -0.2) is 4.39 Å². The quantitative estimate of drug-likeness (QED) is 0.736. The van der Waals surface area contributed by atoms with Crippen molar-refractivity contribution >= 4 is 23.3 Å². The summed E-state index contributed by atoms with van der Waals surface area (Å²) in [5.41, 5.74) is 2.84. The first-order valence-corrected chi connectivity index (χ1v) is 7.10. The number of ether oxygens (including phenoxy) is 1. The van der Waals surface area contributed by atoms with Gasteiger partial charge in [0.15, 0.2) is 4.77 Å². The van der Waals surface area contributed by atoms with E-state index in [1.807, 2.05) is 28.8 Å². The van der Waals surface area contributed by atoms with Crippen LogP contribution in [0.4, 0.5) is 4.39 Å². The van der Waals surface area contributed by atoms with Gasteiger partial charge in [-0.3, -0.25) is 0 Å². The molecule has 0 saturated carbocycles. The van der Waals surface area contributed by atoms with Crippen LogP contribution in [0.3, 0.4) is 0 Å². The summed E-state index contributed by atoms with van der Waals surface area (Å²) >= 11 is 5.38. The second-order valence-corrected chi connectivity index (χ2v) is 5.20. The summed E-state index contributed by atoms with van der Waals surface area (Å²) in [6.45, 7) is 0.690. The molecule has 0 aliphatic rings. The maximum atomic E-state index is 13.2. The predicted molar refractivity (Wildman–Crippen MR) is 83.8 cm³/mol. The van der Waals surface area contributed by atoms with E-state index in [4.69, 9.17) is 17.0 Å². The molecular weight excluding hydrogens is 287 g/mol. The van der Waals surface area contributed by atoms with E-state index >= 15 is 0 Å². The average molecular weight is 302 g/mol. The topological polar surface area (TPSA) is 29.9 Å². The van der Waals surface area contributed by atoms with Crippen molar-refractivity contribution in [3.05, 3.63) is 58.6 Å². The minimum absolute atomic E-state index is 0.211. The fourth-order valence-electron chi connectivity index (χ4n) is 2.48. The van der Waals surface area contributed by atoms with Crippen LogP contribution in [-0.4, -0.2) is 16.7 Å². The van der Waals surface area contributed by atoms with E-state index in [1.165, 1.54) is 6.07 Å². The number of aryl methyl sites for hydroxylation is 2. The summed E-state index contributed by atoms with van der Waals surface area (Å²) in [6, 6.07) is 12.5. The number of para-hydroxylation sites is 1. The standard InChI is InChI=1S/C16H15FN2OS/c1-20-14-7-3-6-13-15(14)18-16(21)19(13)9-8-11-4-2-5-12(17)10-11/h2-7,10H,8-9H2,1H3,(H,18,21). The lowest BCUT2D eigenvalue weighted by molar-refractivity contribution is 0.419. The van der Waals surface area contributed by atoms with Crippen molar-refractivity contribution in [2.45, 2.75) is 13.0 Å². The summed E-state index contributed by atoms with van der Waals surface area (Å²) in [7, 11) is 1.63. The molecule has 5 heteroatoms. The maximum absolute atomic E-state index is 13.2. The van der Waals surface area contributed by atoms with Gasteiger partial charge in [0.1, 0.15) is 17.1 Å². The smallest absolute Gasteiger partial charge is 0.178 e. The number of methoxy groups -OCH3 is 1. The van der Waals surface area contributed by atoms with Gasteiger partial charge in [0.2, 0.25) is 0 Å². The molecule has 108 valence electrons. The van der Waals surface area contributed by atoms with Crippen LogP contribution in [0.25, 0.3) is 11.0 Å². The van der Waals surface area contributed by atoms with Crippen molar-refractivity contribution < 1.29 is 9.13 Å². The molecule has 1 aromatic heterocycles. The van der Waals surface area contributed by atoms with Crippen molar-refractivity contribution in [2.24, 2.45) is 0 Å². The van der Waals surface area contributed by atoms with Gasteiger partial charge in [-0.1, -0.05) is 18.2 Å². The molecule has 0 bridgehead atoms. The summed E-state index contributed by atoms with van der Waals surface area (Å²) < 4.78 is 21.2. The molecule has 0 unspecified atom stereocenters. The number of H-pyrrole nitrogens is 1. The molecule has 0 aliphatic heterocycles. The summed E-state index contributed by atoms with van der Waals surface area (Å²) in [5.74, 6) is 0.555. The van der Waals surface area contributed by atoms with Crippen LogP contribution in [0, 0.1) is 10.6 Å². The molecule has 3 aromatic rings. The van der Waals surface area contributed by atoms with E-state index in [0.29, 0.717) is 11.3 Å². The monoisotopic (exact) mass is 302 g/mol. The molecule has 0 radical (unpaired) electrons. The number of halogens is 1. The van der Waals surface area contributed by atoms with Gasteiger partial charge in [-0.2, -0.15) is 0 Å². The number of imidazole rings is 1. The molecule has 1 N–H and O–H groups in total. The molecular formula is C16H15FN2OS. The van der Waals surface area contributed by atoms with Gasteiger partial charge in [0.05, 0.1) is 12.6 Å². The van der Waals surface area contributed by atoms with Crippen molar-refractivity contribution in [3.63, 3.8) is 0 Å². The van der Waals surface area contributed by atoms with Crippen LogP contribution in [0.5, 0.6) is 5.75 Å². The van der Waals surface area contributed by atoms with E-state index in [2.05, 4.69) is 4.98 Å². The Morgan fingerprint density at radius 2 is 2.05 bits per heavy atom. The number of aromatic nitrogens is 2. The van der Waals surface area contributed by atoms with E-state index in [9.17, 15) is 4.39 Å². The van der Waals surface area contributed by atoms with Gasteiger partial charge < -0.3 is 14.3 Å². The van der Waals surface area contributed by atoms with Gasteiger partial charge >= 0.3 is 0 Å². The van der Waals surface area contributed by atoms with Crippen LogP contribution in [0.15, 0.2) is 42.5 Å². The van der Waals surface area contributed by atoms with Gasteiger partial charge in [0.25, 0.3) is 0 Å². The molecule has 1 heterocycles. The third kappa shape index (κ3) is 2.69. The molecule has 0 atom stereocenters. The minimum atomic E-state index is -0.211. The van der Waals surface area contributed by atoms with Crippen LogP contribution in [-0.2, 0) is 13.0 Å². The summed E-state index contributed by atoms with van der Waals surface area (Å²) in [5, 5.41) is 0. The molecule has 21 heavy (non-hydrogen) atoms. The lowest BCUT2D eigenvalue weighted by atomic mass is 10.1. The van der Waals surface area contributed by atoms with Crippen molar-refractivity contribution in [3.8, 4) is 5.75 Å². The highest BCUT2D eigenvalue weighted by atomic mass is 32.1. The van der Waals surface area contributed by atoms with Gasteiger partial charge in [-0.05, 0) is 48.5 Å². The highest BCUT2D eigenvalue weighted by Gasteiger charge is 2.08. The zero-order valence-corrected chi connectivity index (χ0v) is 12.4. The number of rotatable bonds is 4. The van der Waals surface area contributed by atoms with Crippen LogP contribution >= 0.6 is 12.2 Å². The number of nitrogens with one attached hydrogen (secondary N) is 1. The highest BCUT2D eigenvalue weighted by Crippen LogP contribution is 2.24. The number of benzene rings is 2. The van der Waals surface area contributed by atoms with Gasteiger partial charge in [-0.15, -0.1) is 0 Å². The second kappa shape index (κ2) is 5.69. The SMILES string of the molecule is COc1cccc2c1[nH]c(=S)n2CCc1cccc(F)c1. The largest absolute Gasteiger partial charge is 0.494 e. The Morgan fingerprint density at radius 1 is 1.24 bits per heavy atom. The Bertz CT molecular complexity index is 838. The summed E-state index contributed by atoms with van der Waals surface area (Å²) in [6.07, 6.45) is 0.718. The highest BCUT2D eigenvalue weighted by molar-refractivity contribution is 7.71. The molecule has 0 saturated heterocycles. The Hall–Kier alpha value is -2.14. The number of aromatic amines is 1. The Morgan fingerprint density at radius 3 is 2.81 bits per heavy atom. The third-order valence-electron chi connectivity index (χ3n) is 3.51. The minimum Gasteiger partial charge on any atom is -0.494 e. The van der Waals surface area contributed by atoms with Gasteiger partial charge in [0, 0.05) is 6.54 Å². The Labute approximate surface area is 127 Å². The zero-order valence-electron chi connectivity index (χ0n) is 11.6. The zero-order chi connectivity index (χ0) is 14.8. The second-order valence-electron chi connectivity index (χ2n) is 4.82.